The van der Waals surface area contributed by atoms with Crippen LogP contribution in [0.5, 0.6) is 5.75 Å². The Bertz CT molecular complexity index is 491. The van der Waals surface area contributed by atoms with Crippen molar-refractivity contribution < 1.29 is 4.74 Å². The highest BCUT2D eigenvalue weighted by Crippen LogP contribution is 2.25. The van der Waals surface area contributed by atoms with Crippen LogP contribution in [0.2, 0.25) is 0 Å². The Morgan fingerprint density at radius 2 is 2.00 bits per heavy atom. The van der Waals surface area contributed by atoms with Gasteiger partial charge in [-0.2, -0.15) is 17.7 Å². The van der Waals surface area contributed by atoms with Crippen molar-refractivity contribution in [3.63, 3.8) is 0 Å². The first-order valence-electron chi connectivity index (χ1n) is 5.61. The molecule has 90 valence electrons. The lowest BCUT2D eigenvalue weighted by atomic mass is 10.1. The Morgan fingerprint density at radius 1 is 1.29 bits per heavy atom. The van der Waals surface area contributed by atoms with E-state index in [0.717, 1.165) is 22.6 Å². The summed E-state index contributed by atoms with van der Waals surface area (Å²) in [6, 6.07) is 7.99. The van der Waals surface area contributed by atoms with Gasteiger partial charge in [-0.1, -0.05) is 0 Å². The van der Waals surface area contributed by atoms with Crippen LogP contribution in [0, 0.1) is 0 Å². The lowest BCUT2D eigenvalue weighted by Gasteiger charge is -2.04. The summed E-state index contributed by atoms with van der Waals surface area (Å²) in [6.45, 7) is 2.66. The molecule has 1 heterocycles. The zero-order chi connectivity index (χ0) is 12.3. The smallest absolute Gasteiger partial charge is 0.119 e. The summed E-state index contributed by atoms with van der Waals surface area (Å²) in [5.74, 6) is 1.58. The van der Waals surface area contributed by atoms with Gasteiger partial charge in [0.1, 0.15) is 5.75 Å². The molecule has 0 radical (unpaired) electrons. The number of hydrogen-bond donors (Lipinski definition) is 1. The third-order valence-electron chi connectivity index (χ3n) is 2.51. The third-order valence-corrected chi connectivity index (χ3v) is 2.85. The van der Waals surface area contributed by atoms with Gasteiger partial charge in [0.2, 0.25) is 0 Å². The van der Waals surface area contributed by atoms with E-state index in [2.05, 4.69) is 17.7 Å². The number of thiol groups is 1. The normalized spacial score (nSPS) is 10.5. The first-order chi connectivity index (χ1) is 8.24. The van der Waals surface area contributed by atoms with E-state index >= 15 is 0 Å². The topological polar surface area (TPSA) is 27.1 Å². The van der Waals surface area contributed by atoms with Crippen molar-refractivity contribution in [3.05, 3.63) is 36.0 Å². The van der Waals surface area contributed by atoms with E-state index in [9.17, 15) is 0 Å². The van der Waals surface area contributed by atoms with E-state index in [1.807, 2.05) is 49.1 Å². The lowest BCUT2D eigenvalue weighted by molar-refractivity contribution is 0.340. The predicted molar refractivity (Wildman–Crippen MR) is 72.5 cm³/mol. The minimum Gasteiger partial charge on any atom is -0.494 e. The molecule has 1 aromatic heterocycles. The molecular formula is C13H16N2OS. The van der Waals surface area contributed by atoms with Gasteiger partial charge in [0, 0.05) is 30.1 Å². The van der Waals surface area contributed by atoms with Gasteiger partial charge < -0.3 is 4.74 Å². The first-order valence-corrected chi connectivity index (χ1v) is 6.24. The first kappa shape index (κ1) is 12.0. The van der Waals surface area contributed by atoms with E-state index in [1.165, 1.54) is 0 Å². The summed E-state index contributed by atoms with van der Waals surface area (Å²) >= 11 is 4.32. The standard InChI is InChI=1S/C13H16N2OS/c1-3-16-12-6-4-10(5-7-12)13-11(9-17)8-15(2)14-13/h4-8,17H,3,9H2,1-2H3. The second-order valence-electron chi connectivity index (χ2n) is 3.79. The van der Waals surface area contributed by atoms with E-state index in [4.69, 9.17) is 4.74 Å². The van der Waals surface area contributed by atoms with E-state index in [-0.39, 0.29) is 0 Å². The summed E-state index contributed by atoms with van der Waals surface area (Å²) in [6.07, 6.45) is 2.00. The fraction of sp³-hybridized carbons (Fsp3) is 0.308. The Morgan fingerprint density at radius 3 is 2.59 bits per heavy atom. The number of benzene rings is 1. The van der Waals surface area contributed by atoms with Crippen LogP contribution in [0.15, 0.2) is 30.5 Å². The summed E-state index contributed by atoms with van der Waals surface area (Å²) < 4.78 is 7.23. The predicted octanol–water partition coefficient (Wildman–Crippen LogP) is 2.92. The third kappa shape index (κ3) is 2.64. The van der Waals surface area contributed by atoms with Crippen LogP contribution in [0.25, 0.3) is 11.3 Å². The molecule has 1 aromatic carbocycles. The number of nitrogens with zero attached hydrogens (tertiary/aromatic N) is 2. The molecule has 0 amide bonds. The quantitative estimate of drug-likeness (QED) is 0.842. The molecule has 2 aromatic rings. The lowest BCUT2D eigenvalue weighted by Crippen LogP contribution is -1.91. The minimum atomic E-state index is 0.685. The summed E-state index contributed by atoms with van der Waals surface area (Å²) in [5.41, 5.74) is 3.23. The van der Waals surface area contributed by atoms with E-state index in [0.29, 0.717) is 12.4 Å². The van der Waals surface area contributed by atoms with Gasteiger partial charge >= 0.3 is 0 Å². The highest BCUT2D eigenvalue weighted by Gasteiger charge is 2.08. The monoisotopic (exact) mass is 248 g/mol. The van der Waals surface area contributed by atoms with Crippen molar-refractivity contribution in [1.82, 2.24) is 9.78 Å². The molecule has 0 saturated heterocycles. The molecule has 0 atom stereocenters. The largest absolute Gasteiger partial charge is 0.494 e. The Hall–Kier alpha value is -1.42. The molecule has 0 aliphatic rings. The molecule has 0 spiro atoms. The molecule has 0 aliphatic carbocycles. The zero-order valence-corrected chi connectivity index (χ0v) is 10.9. The molecule has 0 unspecified atom stereocenters. The van der Waals surface area contributed by atoms with Crippen LogP contribution >= 0.6 is 12.6 Å². The van der Waals surface area contributed by atoms with Crippen molar-refractivity contribution in [2.75, 3.05) is 6.61 Å². The van der Waals surface area contributed by atoms with Crippen molar-refractivity contribution >= 4 is 12.6 Å². The van der Waals surface area contributed by atoms with Gasteiger partial charge in [-0.25, -0.2) is 0 Å². The van der Waals surface area contributed by atoms with Gasteiger partial charge in [0.15, 0.2) is 0 Å². The maximum absolute atomic E-state index is 5.42. The fourth-order valence-corrected chi connectivity index (χ4v) is 2.00. The van der Waals surface area contributed by atoms with E-state index < -0.39 is 0 Å². The molecule has 3 nitrogen and oxygen atoms in total. The number of hydrogen-bond acceptors (Lipinski definition) is 3. The van der Waals surface area contributed by atoms with Crippen LogP contribution in [0.4, 0.5) is 0 Å². The van der Waals surface area contributed by atoms with Crippen LogP contribution in [-0.2, 0) is 12.8 Å². The number of rotatable bonds is 4. The SMILES string of the molecule is CCOc1ccc(-c2nn(C)cc2CS)cc1. The van der Waals surface area contributed by atoms with Crippen molar-refractivity contribution in [1.29, 1.82) is 0 Å². The molecule has 2 rings (SSSR count). The summed E-state index contributed by atoms with van der Waals surface area (Å²) in [5, 5.41) is 4.45. The van der Waals surface area contributed by atoms with Gasteiger partial charge in [-0.3, -0.25) is 4.68 Å². The number of aromatic nitrogens is 2. The Kier molecular flexibility index (Phi) is 3.74. The highest BCUT2D eigenvalue weighted by molar-refractivity contribution is 7.79. The number of ether oxygens (including phenoxy) is 1. The minimum absolute atomic E-state index is 0.685. The molecule has 0 N–H and O–H groups in total. The molecule has 0 saturated carbocycles. The summed E-state index contributed by atoms with van der Waals surface area (Å²) in [7, 11) is 1.92. The van der Waals surface area contributed by atoms with Gasteiger partial charge in [0.05, 0.1) is 12.3 Å². The Labute approximate surface area is 107 Å². The summed E-state index contributed by atoms with van der Waals surface area (Å²) in [4.78, 5) is 0. The van der Waals surface area contributed by atoms with Gasteiger partial charge in [0.25, 0.3) is 0 Å². The highest BCUT2D eigenvalue weighted by atomic mass is 32.1. The van der Waals surface area contributed by atoms with Crippen LogP contribution < -0.4 is 4.74 Å². The second-order valence-corrected chi connectivity index (χ2v) is 4.11. The molecular weight excluding hydrogens is 232 g/mol. The second kappa shape index (κ2) is 5.27. The van der Waals surface area contributed by atoms with Gasteiger partial charge in [-0.15, -0.1) is 0 Å². The average molecular weight is 248 g/mol. The molecule has 17 heavy (non-hydrogen) atoms. The van der Waals surface area contributed by atoms with Crippen molar-refractivity contribution in [2.24, 2.45) is 7.05 Å². The average Bonchev–Trinajstić information content (AvgIpc) is 2.72. The fourth-order valence-electron chi connectivity index (χ4n) is 1.77. The zero-order valence-electron chi connectivity index (χ0n) is 10.1. The molecule has 4 heteroatoms. The van der Waals surface area contributed by atoms with E-state index in [1.54, 1.807) is 0 Å². The number of aryl methyl sites for hydroxylation is 1. The van der Waals surface area contributed by atoms with Crippen LogP contribution in [0.1, 0.15) is 12.5 Å². The maximum atomic E-state index is 5.42. The maximum Gasteiger partial charge on any atom is 0.119 e. The van der Waals surface area contributed by atoms with Crippen LogP contribution in [-0.4, -0.2) is 16.4 Å². The molecule has 0 aliphatic heterocycles. The molecule has 0 bridgehead atoms. The van der Waals surface area contributed by atoms with Crippen LogP contribution in [0.3, 0.4) is 0 Å². The van der Waals surface area contributed by atoms with Crippen molar-refractivity contribution in [2.45, 2.75) is 12.7 Å². The van der Waals surface area contributed by atoms with Crippen molar-refractivity contribution in [3.8, 4) is 17.0 Å². The Balaban J connectivity index is 2.32. The molecule has 0 fully saturated rings. The van der Waals surface area contributed by atoms with Gasteiger partial charge in [-0.05, 0) is 31.2 Å².